The number of unbranched alkanes of at least 4 members (excludes halogenated alkanes) is 1. The summed E-state index contributed by atoms with van der Waals surface area (Å²) in [5.74, 6) is -0.0279. The fourth-order valence-electron chi connectivity index (χ4n) is 5.20. The summed E-state index contributed by atoms with van der Waals surface area (Å²) in [6.45, 7) is 5.23. The summed E-state index contributed by atoms with van der Waals surface area (Å²) in [7, 11) is 0. The van der Waals surface area contributed by atoms with Crippen molar-refractivity contribution in [3.8, 4) is 0 Å². The minimum absolute atomic E-state index is 0.00136. The Labute approximate surface area is 187 Å². The number of carbonyl (C=O) groups is 2. The molecule has 160 valence electrons. The average molecular weight is 436 g/mol. The number of benzene rings is 2. The van der Waals surface area contributed by atoms with Gasteiger partial charge in [-0.15, -0.1) is 0 Å². The standard InChI is InChI=1S/C25H26ClN3O2/c1-3-4-13-28-15-21(30)29-14-19(16-9-11-17(26)12-10-16)22-18-7-5-6-8-20(18)27-23(22)25(29,2)24(28)31/h5-12,19,27H,3-4,13-15H2,1-2H3/t19-,25-/m0/s1. The van der Waals surface area contributed by atoms with Crippen molar-refractivity contribution in [1.29, 1.82) is 0 Å². The van der Waals surface area contributed by atoms with Crippen LogP contribution in [-0.4, -0.2) is 46.2 Å². The number of hydrogen-bond donors (Lipinski definition) is 1. The Kier molecular flexibility index (Phi) is 4.82. The van der Waals surface area contributed by atoms with Crippen LogP contribution in [0.2, 0.25) is 5.02 Å². The predicted molar refractivity (Wildman–Crippen MR) is 122 cm³/mol. The van der Waals surface area contributed by atoms with Crippen molar-refractivity contribution in [3.05, 3.63) is 70.4 Å². The molecule has 5 rings (SSSR count). The molecule has 5 nitrogen and oxygen atoms in total. The highest BCUT2D eigenvalue weighted by Gasteiger charge is 2.56. The number of nitrogens with one attached hydrogen (secondary N) is 1. The van der Waals surface area contributed by atoms with Crippen LogP contribution in [0.1, 0.15) is 49.4 Å². The van der Waals surface area contributed by atoms with Crippen molar-refractivity contribution < 1.29 is 9.59 Å². The van der Waals surface area contributed by atoms with Gasteiger partial charge < -0.3 is 14.8 Å². The molecule has 0 unspecified atom stereocenters. The third kappa shape index (κ3) is 2.98. The fraction of sp³-hybridized carbons (Fsp3) is 0.360. The molecule has 0 saturated carbocycles. The second kappa shape index (κ2) is 7.41. The van der Waals surface area contributed by atoms with Crippen LogP contribution in [0.25, 0.3) is 10.9 Å². The zero-order valence-electron chi connectivity index (χ0n) is 17.8. The van der Waals surface area contributed by atoms with Gasteiger partial charge in [0.05, 0.1) is 12.2 Å². The SMILES string of the molecule is CCCCN1CC(=O)N2C[C@@H](c3ccc(Cl)cc3)c3c([nH]c4ccccc34)[C@@]2(C)C1=O. The van der Waals surface area contributed by atoms with Gasteiger partial charge in [-0.05, 0) is 42.7 Å². The Balaban J connectivity index is 1.72. The first-order chi connectivity index (χ1) is 14.9. The molecule has 3 aromatic rings. The van der Waals surface area contributed by atoms with E-state index in [1.165, 1.54) is 0 Å². The summed E-state index contributed by atoms with van der Waals surface area (Å²) >= 11 is 6.14. The van der Waals surface area contributed by atoms with E-state index in [9.17, 15) is 9.59 Å². The number of para-hydroxylation sites is 1. The molecule has 2 atom stereocenters. The van der Waals surface area contributed by atoms with Gasteiger partial charge in [-0.3, -0.25) is 9.59 Å². The minimum atomic E-state index is -1.03. The topological polar surface area (TPSA) is 56.4 Å². The highest BCUT2D eigenvalue weighted by Crippen LogP contribution is 2.48. The highest BCUT2D eigenvalue weighted by molar-refractivity contribution is 6.30. The predicted octanol–water partition coefficient (Wildman–Crippen LogP) is 4.65. The number of carbonyl (C=O) groups excluding carboxylic acids is 2. The van der Waals surface area contributed by atoms with Crippen LogP contribution in [0.15, 0.2) is 48.5 Å². The molecule has 6 heteroatoms. The monoisotopic (exact) mass is 435 g/mol. The zero-order chi connectivity index (χ0) is 21.8. The third-order valence-corrected chi connectivity index (χ3v) is 7.12. The smallest absolute Gasteiger partial charge is 0.254 e. The normalized spacial score (nSPS) is 23.3. The molecule has 1 aromatic heterocycles. The number of piperazine rings is 1. The summed E-state index contributed by atoms with van der Waals surface area (Å²) in [6, 6.07) is 15.9. The summed E-state index contributed by atoms with van der Waals surface area (Å²) in [5.41, 5.74) is 2.99. The summed E-state index contributed by atoms with van der Waals surface area (Å²) in [5, 5.41) is 1.78. The number of halogens is 1. The van der Waals surface area contributed by atoms with E-state index in [2.05, 4.69) is 18.0 Å². The summed E-state index contributed by atoms with van der Waals surface area (Å²) in [6.07, 6.45) is 1.87. The van der Waals surface area contributed by atoms with E-state index < -0.39 is 5.54 Å². The molecule has 2 aliphatic heterocycles. The van der Waals surface area contributed by atoms with Crippen molar-refractivity contribution in [2.45, 2.75) is 38.1 Å². The van der Waals surface area contributed by atoms with Crippen molar-refractivity contribution in [1.82, 2.24) is 14.8 Å². The van der Waals surface area contributed by atoms with Gasteiger partial charge in [0, 0.05) is 34.9 Å². The molecule has 2 aliphatic rings. The molecule has 1 saturated heterocycles. The van der Waals surface area contributed by atoms with Crippen molar-refractivity contribution >= 4 is 34.3 Å². The van der Waals surface area contributed by atoms with E-state index >= 15 is 0 Å². The van der Waals surface area contributed by atoms with Crippen molar-refractivity contribution in [2.75, 3.05) is 19.6 Å². The molecule has 1 N–H and O–H groups in total. The molecule has 0 spiro atoms. The maximum atomic E-state index is 13.8. The number of nitrogens with zero attached hydrogens (tertiary/aromatic N) is 2. The van der Waals surface area contributed by atoms with Crippen LogP contribution >= 0.6 is 11.6 Å². The molecule has 3 heterocycles. The third-order valence-electron chi connectivity index (χ3n) is 6.87. The van der Waals surface area contributed by atoms with Gasteiger partial charge in [0.25, 0.3) is 5.91 Å². The number of rotatable bonds is 4. The molecule has 31 heavy (non-hydrogen) atoms. The van der Waals surface area contributed by atoms with Crippen molar-refractivity contribution in [3.63, 3.8) is 0 Å². The molecule has 0 bridgehead atoms. The summed E-state index contributed by atoms with van der Waals surface area (Å²) < 4.78 is 0. The number of H-pyrrole nitrogens is 1. The quantitative estimate of drug-likeness (QED) is 0.648. The molecule has 0 radical (unpaired) electrons. The van der Waals surface area contributed by atoms with E-state index in [0.29, 0.717) is 18.1 Å². The second-order valence-electron chi connectivity index (χ2n) is 8.72. The lowest BCUT2D eigenvalue weighted by Gasteiger charge is -2.51. The maximum absolute atomic E-state index is 13.8. The Morgan fingerprint density at radius 3 is 2.61 bits per heavy atom. The lowest BCUT2D eigenvalue weighted by molar-refractivity contribution is -0.166. The fourth-order valence-corrected chi connectivity index (χ4v) is 5.33. The van der Waals surface area contributed by atoms with Gasteiger partial charge in [0.1, 0.15) is 0 Å². The largest absolute Gasteiger partial charge is 0.356 e. The van der Waals surface area contributed by atoms with E-state index in [0.717, 1.165) is 40.6 Å². The van der Waals surface area contributed by atoms with Crippen molar-refractivity contribution in [2.24, 2.45) is 0 Å². The molecule has 1 fully saturated rings. The first-order valence-corrected chi connectivity index (χ1v) is 11.3. The number of hydrogen-bond acceptors (Lipinski definition) is 2. The van der Waals surface area contributed by atoms with Gasteiger partial charge >= 0.3 is 0 Å². The van der Waals surface area contributed by atoms with E-state index in [1.54, 1.807) is 9.80 Å². The molecule has 2 amide bonds. The Morgan fingerprint density at radius 2 is 1.87 bits per heavy atom. The van der Waals surface area contributed by atoms with E-state index in [4.69, 9.17) is 11.6 Å². The first-order valence-electron chi connectivity index (χ1n) is 10.9. The second-order valence-corrected chi connectivity index (χ2v) is 9.16. The van der Waals surface area contributed by atoms with E-state index in [1.807, 2.05) is 49.4 Å². The molecule has 2 aromatic carbocycles. The number of amides is 2. The van der Waals surface area contributed by atoms with Gasteiger partial charge in [0.2, 0.25) is 5.91 Å². The lowest BCUT2D eigenvalue weighted by atomic mass is 9.76. The van der Waals surface area contributed by atoms with Crippen LogP contribution in [0.3, 0.4) is 0 Å². The van der Waals surface area contributed by atoms with Gasteiger partial charge in [0.15, 0.2) is 5.54 Å². The van der Waals surface area contributed by atoms with Gasteiger partial charge in [-0.2, -0.15) is 0 Å². The zero-order valence-corrected chi connectivity index (χ0v) is 18.6. The minimum Gasteiger partial charge on any atom is -0.356 e. The Bertz CT molecular complexity index is 1170. The number of fused-ring (bicyclic) bond motifs is 5. The van der Waals surface area contributed by atoms with Crippen LogP contribution < -0.4 is 0 Å². The number of aromatic nitrogens is 1. The van der Waals surface area contributed by atoms with Crippen LogP contribution in [-0.2, 0) is 15.1 Å². The molecular formula is C25H26ClN3O2. The summed E-state index contributed by atoms with van der Waals surface area (Å²) in [4.78, 5) is 34.1. The lowest BCUT2D eigenvalue weighted by Crippen LogP contribution is -2.67. The molecule has 0 aliphatic carbocycles. The molecular weight excluding hydrogens is 410 g/mol. The Morgan fingerprint density at radius 1 is 1.13 bits per heavy atom. The van der Waals surface area contributed by atoms with Crippen LogP contribution in [0, 0.1) is 0 Å². The van der Waals surface area contributed by atoms with Crippen LogP contribution in [0.5, 0.6) is 0 Å². The maximum Gasteiger partial charge on any atom is 0.254 e. The van der Waals surface area contributed by atoms with E-state index in [-0.39, 0.29) is 24.3 Å². The first kappa shape index (κ1) is 20.1. The number of aromatic amines is 1. The average Bonchev–Trinajstić information content (AvgIpc) is 3.17. The highest BCUT2D eigenvalue weighted by atomic mass is 35.5. The van der Waals surface area contributed by atoms with Gasteiger partial charge in [-0.1, -0.05) is 55.3 Å². The Hall–Kier alpha value is -2.79. The van der Waals surface area contributed by atoms with Gasteiger partial charge in [-0.25, -0.2) is 0 Å². The van der Waals surface area contributed by atoms with Crippen LogP contribution in [0.4, 0.5) is 0 Å².